The van der Waals surface area contributed by atoms with Gasteiger partial charge in [-0.25, -0.2) is 4.39 Å². The summed E-state index contributed by atoms with van der Waals surface area (Å²) in [6.45, 7) is 1.05. The molecule has 1 aromatic carbocycles. The SMILES string of the molecule is N#CC1C[C@@H]2C[C@@H]2N1C(=O)C(N)CN1CC2C[C@H]1C(=O)N2C(c1ccc(F)cc1)C1CCCC1. The van der Waals surface area contributed by atoms with E-state index < -0.39 is 6.04 Å². The van der Waals surface area contributed by atoms with Crippen LogP contribution in [0.3, 0.4) is 0 Å². The minimum atomic E-state index is -0.724. The molecule has 7 nitrogen and oxygen atoms in total. The largest absolute Gasteiger partial charge is 0.330 e. The van der Waals surface area contributed by atoms with Crippen molar-refractivity contribution in [2.75, 3.05) is 13.1 Å². The van der Waals surface area contributed by atoms with E-state index in [-0.39, 0.29) is 47.8 Å². The number of rotatable bonds is 6. The quantitative estimate of drug-likeness (QED) is 0.695. The number of nitrogens with two attached hydrogens (primary N) is 1. The van der Waals surface area contributed by atoms with Crippen LogP contribution in [0.15, 0.2) is 24.3 Å². The van der Waals surface area contributed by atoms with Gasteiger partial charge in [0.1, 0.15) is 11.9 Å². The number of piperidine rings is 1. The standard InChI is InChI=1S/C26H32FN5O2/c27-18-7-5-16(6-8-18)24(15-3-1-2-4-15)32-20-11-23(26(32)34)30(13-20)14-21(29)25(33)31-19(12-28)9-17-10-22(17)31/h5-8,15,17,19-24H,1-4,9-11,13-14,29H2/t17-,19?,20?,21?,22+,23+,24?/m1/s1. The van der Waals surface area contributed by atoms with Crippen LogP contribution in [0, 0.1) is 29.0 Å². The van der Waals surface area contributed by atoms with E-state index in [1.54, 1.807) is 4.90 Å². The Labute approximate surface area is 199 Å². The average molecular weight is 466 g/mol. The molecule has 2 aliphatic carbocycles. The van der Waals surface area contributed by atoms with Gasteiger partial charge in [0, 0.05) is 25.2 Å². The maximum atomic E-state index is 13.6. The molecule has 5 aliphatic rings. The number of hydrogen-bond donors (Lipinski definition) is 1. The second-order valence-electron chi connectivity index (χ2n) is 10.9. The first-order valence-corrected chi connectivity index (χ1v) is 12.8. The number of piperazine rings is 1. The lowest BCUT2D eigenvalue weighted by Gasteiger charge is -2.42. The van der Waals surface area contributed by atoms with Crippen LogP contribution in [0.5, 0.6) is 0 Å². The molecule has 0 radical (unpaired) electrons. The van der Waals surface area contributed by atoms with Gasteiger partial charge in [-0.2, -0.15) is 5.26 Å². The third-order valence-electron chi connectivity index (χ3n) is 8.93. The molecule has 34 heavy (non-hydrogen) atoms. The molecule has 2 N–H and O–H groups in total. The molecule has 2 bridgehead atoms. The summed E-state index contributed by atoms with van der Waals surface area (Å²) in [4.78, 5) is 32.5. The second kappa shape index (κ2) is 8.31. The predicted octanol–water partition coefficient (Wildman–Crippen LogP) is 2.18. The van der Waals surface area contributed by atoms with Gasteiger partial charge in [0.25, 0.3) is 0 Å². The van der Waals surface area contributed by atoms with Crippen molar-refractivity contribution in [3.05, 3.63) is 35.6 Å². The topological polar surface area (TPSA) is 93.7 Å². The Morgan fingerprint density at radius 1 is 1.18 bits per heavy atom. The first-order valence-electron chi connectivity index (χ1n) is 12.8. The number of fused-ring (bicyclic) bond motifs is 3. The fraction of sp³-hybridized carbons (Fsp3) is 0.654. The number of nitriles is 1. The zero-order valence-corrected chi connectivity index (χ0v) is 19.4. The van der Waals surface area contributed by atoms with Crippen LogP contribution in [0.2, 0.25) is 0 Å². The molecule has 5 fully saturated rings. The lowest BCUT2D eigenvalue weighted by Crippen LogP contribution is -2.57. The second-order valence-corrected chi connectivity index (χ2v) is 10.9. The summed E-state index contributed by atoms with van der Waals surface area (Å²) in [5, 5.41) is 9.42. The summed E-state index contributed by atoms with van der Waals surface area (Å²) in [6, 6.07) is 7.80. The van der Waals surface area contributed by atoms with Gasteiger partial charge in [0.15, 0.2) is 0 Å². The normalized spacial score (nSPS) is 34.4. The molecule has 2 saturated carbocycles. The number of hydrogen-bond acceptors (Lipinski definition) is 5. The van der Waals surface area contributed by atoms with Gasteiger partial charge in [-0.3, -0.25) is 14.5 Å². The highest BCUT2D eigenvalue weighted by atomic mass is 19.1. The van der Waals surface area contributed by atoms with E-state index in [1.807, 2.05) is 12.1 Å². The van der Waals surface area contributed by atoms with Crippen LogP contribution in [-0.4, -0.2) is 69.8 Å². The third-order valence-corrected chi connectivity index (χ3v) is 8.93. The molecular formula is C26H32FN5O2. The number of nitrogens with zero attached hydrogens (tertiary/aromatic N) is 4. The van der Waals surface area contributed by atoms with Crippen molar-refractivity contribution >= 4 is 11.8 Å². The summed E-state index contributed by atoms with van der Waals surface area (Å²) in [7, 11) is 0. The Morgan fingerprint density at radius 2 is 1.91 bits per heavy atom. The van der Waals surface area contributed by atoms with Gasteiger partial charge in [0.05, 0.1) is 24.2 Å². The molecule has 180 valence electrons. The van der Waals surface area contributed by atoms with Gasteiger partial charge in [-0.15, -0.1) is 0 Å². The number of amides is 2. The van der Waals surface area contributed by atoms with E-state index in [0.717, 1.165) is 37.7 Å². The van der Waals surface area contributed by atoms with Crippen molar-refractivity contribution in [1.29, 1.82) is 5.26 Å². The number of carbonyl (C=O) groups excluding carboxylic acids is 2. The van der Waals surface area contributed by atoms with Crippen LogP contribution in [0.25, 0.3) is 0 Å². The molecule has 1 aromatic rings. The van der Waals surface area contributed by atoms with Gasteiger partial charge >= 0.3 is 0 Å². The van der Waals surface area contributed by atoms with Crippen molar-refractivity contribution in [3.63, 3.8) is 0 Å². The number of carbonyl (C=O) groups is 2. The Balaban J connectivity index is 1.16. The monoisotopic (exact) mass is 465 g/mol. The van der Waals surface area contributed by atoms with Gasteiger partial charge < -0.3 is 15.5 Å². The molecule has 3 aliphatic heterocycles. The molecule has 0 spiro atoms. The number of halogens is 1. The molecule has 7 atom stereocenters. The van der Waals surface area contributed by atoms with Crippen LogP contribution in [0.4, 0.5) is 4.39 Å². The van der Waals surface area contributed by atoms with Crippen molar-refractivity contribution in [1.82, 2.24) is 14.7 Å². The smallest absolute Gasteiger partial charge is 0.242 e. The average Bonchev–Trinajstić information content (AvgIpc) is 3.25. The predicted molar refractivity (Wildman–Crippen MR) is 122 cm³/mol. The van der Waals surface area contributed by atoms with Crippen molar-refractivity contribution in [2.24, 2.45) is 17.6 Å². The van der Waals surface area contributed by atoms with E-state index >= 15 is 0 Å². The van der Waals surface area contributed by atoms with E-state index in [4.69, 9.17) is 5.73 Å². The van der Waals surface area contributed by atoms with Gasteiger partial charge in [-0.05, 0) is 61.6 Å². The molecule has 0 aromatic heterocycles. The maximum absolute atomic E-state index is 13.6. The highest BCUT2D eigenvalue weighted by Crippen LogP contribution is 2.48. The summed E-state index contributed by atoms with van der Waals surface area (Å²) >= 11 is 0. The first-order chi connectivity index (χ1) is 16.5. The van der Waals surface area contributed by atoms with Crippen molar-refractivity contribution in [3.8, 4) is 6.07 Å². The van der Waals surface area contributed by atoms with Crippen LogP contribution in [-0.2, 0) is 9.59 Å². The fourth-order valence-electron chi connectivity index (χ4n) is 7.26. The molecule has 4 unspecified atom stereocenters. The Kier molecular flexibility index (Phi) is 5.38. The Bertz CT molecular complexity index is 1020. The van der Waals surface area contributed by atoms with Crippen LogP contribution >= 0.6 is 0 Å². The maximum Gasteiger partial charge on any atom is 0.242 e. The van der Waals surface area contributed by atoms with E-state index in [1.165, 1.54) is 25.0 Å². The lowest BCUT2D eigenvalue weighted by molar-refractivity contribution is -0.142. The van der Waals surface area contributed by atoms with E-state index in [9.17, 15) is 19.2 Å². The molecular weight excluding hydrogens is 433 g/mol. The van der Waals surface area contributed by atoms with Crippen LogP contribution in [0.1, 0.15) is 56.6 Å². The van der Waals surface area contributed by atoms with Crippen molar-refractivity contribution in [2.45, 2.75) is 81.2 Å². The highest BCUT2D eigenvalue weighted by molar-refractivity contribution is 5.87. The summed E-state index contributed by atoms with van der Waals surface area (Å²) in [6.07, 6.45) is 7.00. The highest BCUT2D eigenvalue weighted by Gasteiger charge is 2.56. The van der Waals surface area contributed by atoms with E-state index in [2.05, 4.69) is 15.9 Å². The number of benzene rings is 1. The minimum absolute atomic E-state index is 0.0177. The Hall–Kier alpha value is -2.50. The summed E-state index contributed by atoms with van der Waals surface area (Å²) < 4.78 is 13.6. The Morgan fingerprint density at radius 3 is 2.59 bits per heavy atom. The zero-order valence-electron chi connectivity index (χ0n) is 19.4. The molecule has 3 heterocycles. The third kappa shape index (κ3) is 3.52. The molecule has 2 amide bonds. The lowest BCUT2D eigenvalue weighted by atomic mass is 9.89. The molecule has 6 rings (SSSR count). The molecule has 8 heteroatoms. The zero-order chi connectivity index (χ0) is 23.6. The molecule has 3 saturated heterocycles. The van der Waals surface area contributed by atoms with Crippen molar-refractivity contribution < 1.29 is 14.0 Å². The van der Waals surface area contributed by atoms with Gasteiger partial charge in [0.2, 0.25) is 11.8 Å². The fourth-order valence-corrected chi connectivity index (χ4v) is 7.26. The summed E-state index contributed by atoms with van der Waals surface area (Å²) in [5.41, 5.74) is 7.37. The van der Waals surface area contributed by atoms with E-state index in [0.29, 0.717) is 24.9 Å². The number of likely N-dealkylation sites (tertiary alicyclic amines) is 3. The minimum Gasteiger partial charge on any atom is -0.330 e. The van der Waals surface area contributed by atoms with Crippen LogP contribution < -0.4 is 5.73 Å². The van der Waals surface area contributed by atoms with Gasteiger partial charge in [-0.1, -0.05) is 25.0 Å². The summed E-state index contributed by atoms with van der Waals surface area (Å²) in [5.74, 6) is 0.546. The first kappa shape index (κ1) is 22.0.